The third kappa shape index (κ3) is 4.30. The fourth-order valence-corrected chi connectivity index (χ4v) is 4.79. The first kappa shape index (κ1) is 23.5. The minimum atomic E-state index is -0.935. The summed E-state index contributed by atoms with van der Waals surface area (Å²) in [5.74, 6) is -0.567. The van der Waals surface area contributed by atoms with E-state index in [2.05, 4.69) is 17.4 Å². The van der Waals surface area contributed by atoms with Crippen molar-refractivity contribution in [2.24, 2.45) is 5.92 Å². The molecule has 1 aliphatic carbocycles. The molecule has 0 spiro atoms. The Morgan fingerprint density at radius 3 is 2.15 bits per heavy atom. The van der Waals surface area contributed by atoms with Crippen molar-refractivity contribution in [3.8, 4) is 11.1 Å². The van der Waals surface area contributed by atoms with Gasteiger partial charge >= 0.3 is 6.09 Å². The number of fused-ring (bicyclic) bond motifs is 3. The van der Waals surface area contributed by atoms with Gasteiger partial charge in [0.15, 0.2) is 0 Å². The molecule has 0 bridgehead atoms. The third-order valence-corrected chi connectivity index (χ3v) is 6.30. The zero-order chi connectivity index (χ0) is 24.4. The summed E-state index contributed by atoms with van der Waals surface area (Å²) in [5, 5.41) is 2.59. The predicted molar refractivity (Wildman–Crippen MR) is 128 cm³/mol. The maximum Gasteiger partial charge on any atom is 0.407 e. The van der Waals surface area contributed by atoms with Crippen LogP contribution in [-0.4, -0.2) is 48.1 Å². The lowest BCUT2D eigenvalue weighted by Gasteiger charge is -2.30. The van der Waals surface area contributed by atoms with Crippen molar-refractivity contribution in [2.45, 2.75) is 45.7 Å². The Morgan fingerprint density at radius 2 is 1.59 bits per heavy atom. The molecule has 1 aliphatic heterocycles. The second-order valence-corrected chi connectivity index (χ2v) is 8.91. The van der Waals surface area contributed by atoms with Gasteiger partial charge in [-0.2, -0.15) is 0 Å². The summed E-state index contributed by atoms with van der Waals surface area (Å²) in [5.41, 5.74) is 4.50. The molecule has 4 rings (SSSR count). The minimum Gasteiger partial charge on any atom is -0.496 e. The summed E-state index contributed by atoms with van der Waals surface area (Å²) in [6.45, 7) is 7.76. The van der Waals surface area contributed by atoms with Crippen LogP contribution < -0.4 is 5.32 Å². The van der Waals surface area contributed by atoms with Gasteiger partial charge in [-0.1, -0.05) is 62.4 Å². The Labute approximate surface area is 199 Å². The van der Waals surface area contributed by atoms with E-state index in [4.69, 9.17) is 9.47 Å². The number of amides is 3. The number of alkyl carbamates (subject to hydrolysis) is 1. The van der Waals surface area contributed by atoms with Crippen LogP contribution in [0.5, 0.6) is 0 Å². The average molecular weight is 463 g/mol. The van der Waals surface area contributed by atoms with E-state index >= 15 is 0 Å². The smallest absolute Gasteiger partial charge is 0.407 e. The van der Waals surface area contributed by atoms with Crippen molar-refractivity contribution >= 4 is 17.9 Å². The zero-order valence-electron chi connectivity index (χ0n) is 19.9. The van der Waals surface area contributed by atoms with E-state index < -0.39 is 30.0 Å². The lowest BCUT2D eigenvalue weighted by molar-refractivity contribution is -0.145. The molecule has 0 aromatic heterocycles. The van der Waals surface area contributed by atoms with Crippen LogP contribution >= 0.6 is 0 Å². The van der Waals surface area contributed by atoms with E-state index in [9.17, 15) is 14.4 Å². The minimum absolute atomic E-state index is 0.0325. The lowest BCUT2D eigenvalue weighted by atomic mass is 9.98. The molecular weight excluding hydrogens is 432 g/mol. The van der Waals surface area contributed by atoms with E-state index in [1.807, 2.05) is 57.2 Å². The van der Waals surface area contributed by atoms with Crippen molar-refractivity contribution in [1.82, 2.24) is 10.2 Å². The highest BCUT2D eigenvalue weighted by Gasteiger charge is 2.42. The molecule has 2 atom stereocenters. The van der Waals surface area contributed by atoms with Crippen LogP contribution in [0, 0.1) is 5.92 Å². The van der Waals surface area contributed by atoms with Gasteiger partial charge in [0, 0.05) is 12.0 Å². The van der Waals surface area contributed by atoms with Gasteiger partial charge < -0.3 is 14.8 Å². The summed E-state index contributed by atoms with van der Waals surface area (Å²) in [6.07, 6.45) is 0.653. The monoisotopic (exact) mass is 462 g/mol. The Hall–Kier alpha value is -3.61. The van der Waals surface area contributed by atoms with Gasteiger partial charge in [-0.15, -0.1) is 0 Å². The highest BCUT2D eigenvalue weighted by Crippen LogP contribution is 2.44. The van der Waals surface area contributed by atoms with Gasteiger partial charge in [-0.3, -0.25) is 14.5 Å². The molecule has 3 amide bonds. The second kappa shape index (κ2) is 9.71. The van der Waals surface area contributed by atoms with Crippen LogP contribution in [-0.2, 0) is 19.1 Å². The fourth-order valence-electron chi connectivity index (χ4n) is 4.79. The molecule has 7 heteroatoms. The summed E-state index contributed by atoms with van der Waals surface area (Å²) < 4.78 is 11.1. The molecule has 2 aromatic carbocycles. The predicted octanol–water partition coefficient (Wildman–Crippen LogP) is 4.23. The zero-order valence-corrected chi connectivity index (χ0v) is 19.9. The van der Waals surface area contributed by atoms with E-state index in [0.29, 0.717) is 12.4 Å². The average Bonchev–Trinajstić information content (AvgIpc) is 3.32. The third-order valence-electron chi connectivity index (χ3n) is 6.30. The SMILES string of the molecule is CCOC1=CC(=O)N(C(=O)[C@H](C)NC(=O)OCC2c3ccccc3-c3ccccc32)[C@H]1C(C)C. The quantitative estimate of drug-likeness (QED) is 0.666. The number of nitrogens with one attached hydrogen (secondary N) is 1. The summed E-state index contributed by atoms with van der Waals surface area (Å²) >= 11 is 0. The molecule has 0 radical (unpaired) electrons. The maximum atomic E-state index is 13.1. The van der Waals surface area contributed by atoms with Crippen LogP contribution in [0.2, 0.25) is 0 Å². The Bertz CT molecular complexity index is 1090. The Kier molecular flexibility index (Phi) is 6.72. The number of hydrogen-bond donors (Lipinski definition) is 1. The standard InChI is InChI=1S/C27H30N2O5/c1-5-33-23-14-24(30)29(25(23)16(2)3)26(31)17(4)28-27(32)34-15-22-20-12-8-6-10-18(20)19-11-7-9-13-21(19)22/h6-14,16-17,22,25H,5,15H2,1-4H3,(H,28,32)/t17-,25-/m0/s1. The van der Waals surface area contributed by atoms with Crippen molar-refractivity contribution in [1.29, 1.82) is 0 Å². The molecule has 0 saturated carbocycles. The van der Waals surface area contributed by atoms with Crippen molar-refractivity contribution in [3.05, 3.63) is 71.5 Å². The largest absolute Gasteiger partial charge is 0.496 e. The van der Waals surface area contributed by atoms with Crippen molar-refractivity contribution < 1.29 is 23.9 Å². The van der Waals surface area contributed by atoms with Crippen molar-refractivity contribution in [2.75, 3.05) is 13.2 Å². The van der Waals surface area contributed by atoms with Crippen molar-refractivity contribution in [3.63, 3.8) is 0 Å². The van der Waals surface area contributed by atoms with E-state index in [1.54, 1.807) is 6.92 Å². The molecule has 1 N–H and O–H groups in total. The number of imide groups is 1. The van der Waals surface area contributed by atoms with Crippen LogP contribution in [0.1, 0.15) is 44.7 Å². The topological polar surface area (TPSA) is 84.9 Å². The molecule has 1 heterocycles. The number of carbonyl (C=O) groups is 3. The molecule has 2 aromatic rings. The highest BCUT2D eigenvalue weighted by atomic mass is 16.5. The first-order valence-electron chi connectivity index (χ1n) is 11.7. The first-order valence-corrected chi connectivity index (χ1v) is 11.7. The van der Waals surface area contributed by atoms with Gasteiger partial charge in [-0.05, 0) is 42.0 Å². The maximum absolute atomic E-state index is 13.1. The number of benzene rings is 2. The van der Waals surface area contributed by atoms with Gasteiger partial charge in [0.1, 0.15) is 18.4 Å². The van der Waals surface area contributed by atoms with E-state index in [0.717, 1.165) is 22.3 Å². The summed E-state index contributed by atoms with van der Waals surface area (Å²) in [4.78, 5) is 39.4. The summed E-state index contributed by atoms with van der Waals surface area (Å²) in [6, 6.07) is 14.7. The summed E-state index contributed by atoms with van der Waals surface area (Å²) in [7, 11) is 0. The fraction of sp³-hybridized carbons (Fsp3) is 0.370. The Morgan fingerprint density at radius 1 is 1.00 bits per heavy atom. The number of carbonyl (C=O) groups excluding carboxylic acids is 3. The normalized spacial score (nSPS) is 17.8. The lowest BCUT2D eigenvalue weighted by Crippen LogP contribution is -2.52. The number of hydrogen-bond acceptors (Lipinski definition) is 5. The van der Waals surface area contributed by atoms with Crippen LogP contribution in [0.15, 0.2) is 60.4 Å². The van der Waals surface area contributed by atoms with Crippen LogP contribution in [0.4, 0.5) is 4.79 Å². The van der Waals surface area contributed by atoms with Gasteiger partial charge in [-0.25, -0.2) is 4.79 Å². The molecule has 178 valence electrons. The molecular formula is C27H30N2O5. The molecule has 7 nitrogen and oxygen atoms in total. The number of nitrogens with zero attached hydrogens (tertiary/aromatic N) is 1. The Balaban J connectivity index is 1.40. The molecule has 0 unspecified atom stereocenters. The molecule has 0 fully saturated rings. The molecule has 0 saturated heterocycles. The number of rotatable bonds is 7. The van der Waals surface area contributed by atoms with Crippen LogP contribution in [0.25, 0.3) is 11.1 Å². The van der Waals surface area contributed by atoms with Gasteiger partial charge in [0.25, 0.3) is 11.8 Å². The van der Waals surface area contributed by atoms with Gasteiger partial charge in [0.05, 0.1) is 12.6 Å². The van der Waals surface area contributed by atoms with E-state index in [1.165, 1.54) is 11.0 Å². The second-order valence-electron chi connectivity index (χ2n) is 8.91. The molecule has 34 heavy (non-hydrogen) atoms. The molecule has 2 aliphatic rings. The van der Waals surface area contributed by atoms with Gasteiger partial charge in [0.2, 0.25) is 0 Å². The van der Waals surface area contributed by atoms with Crippen LogP contribution in [0.3, 0.4) is 0 Å². The first-order chi connectivity index (χ1) is 16.3. The van der Waals surface area contributed by atoms with E-state index in [-0.39, 0.29) is 18.4 Å². The highest BCUT2D eigenvalue weighted by molar-refractivity contribution is 6.06. The number of ether oxygens (including phenoxy) is 2.